The lowest BCUT2D eigenvalue weighted by molar-refractivity contribution is 0.103. The number of H-pyrrole nitrogens is 2. The van der Waals surface area contributed by atoms with E-state index in [0.717, 1.165) is 27.9 Å². The van der Waals surface area contributed by atoms with Gasteiger partial charge in [-0.1, -0.05) is 18.2 Å². The van der Waals surface area contributed by atoms with Crippen LogP contribution in [0.2, 0.25) is 0 Å². The summed E-state index contributed by atoms with van der Waals surface area (Å²) in [7, 11) is 1.62. The van der Waals surface area contributed by atoms with E-state index in [9.17, 15) is 4.79 Å². The van der Waals surface area contributed by atoms with E-state index in [4.69, 9.17) is 14.1 Å². The van der Waals surface area contributed by atoms with E-state index < -0.39 is 0 Å². The topological polar surface area (TPSA) is 83.4 Å². The van der Waals surface area contributed by atoms with Crippen molar-refractivity contribution in [3.8, 4) is 0 Å². The van der Waals surface area contributed by atoms with Gasteiger partial charge in [-0.05, 0) is 43.7 Å². The maximum Gasteiger partial charge on any atom is 0.199 e. The fourth-order valence-electron chi connectivity index (χ4n) is 3.95. The number of hydrogen-bond donors (Lipinski definition) is 2. The molecular formula is C25H21N3O3. The number of furan rings is 1. The third-order valence-electron chi connectivity index (χ3n) is 5.42. The maximum atomic E-state index is 13.3. The summed E-state index contributed by atoms with van der Waals surface area (Å²) in [6, 6.07) is 11.5. The molecule has 0 amide bonds. The van der Waals surface area contributed by atoms with E-state index in [1.165, 1.54) is 12.5 Å². The van der Waals surface area contributed by atoms with Crippen LogP contribution in [0.25, 0.3) is 17.0 Å². The molecule has 4 aromatic rings. The van der Waals surface area contributed by atoms with E-state index in [1.807, 2.05) is 50.3 Å². The van der Waals surface area contributed by atoms with Gasteiger partial charge < -0.3 is 19.1 Å². The van der Waals surface area contributed by atoms with Gasteiger partial charge in [0.05, 0.1) is 35.9 Å². The van der Waals surface area contributed by atoms with Crippen LogP contribution < -0.4 is 0 Å². The van der Waals surface area contributed by atoms with Crippen LogP contribution in [0.3, 0.4) is 0 Å². The Labute approximate surface area is 179 Å². The lowest BCUT2D eigenvalue weighted by Crippen LogP contribution is -2.07. The molecule has 6 heteroatoms. The van der Waals surface area contributed by atoms with Crippen molar-refractivity contribution in [2.75, 3.05) is 7.11 Å². The number of nitrogens with zero attached hydrogens (tertiary/aromatic N) is 1. The molecular weight excluding hydrogens is 390 g/mol. The summed E-state index contributed by atoms with van der Waals surface area (Å²) in [6.07, 6.45) is 6.78. The summed E-state index contributed by atoms with van der Waals surface area (Å²) in [5, 5.41) is 0.840. The first-order valence-corrected chi connectivity index (χ1v) is 9.96. The molecule has 1 aliphatic rings. The van der Waals surface area contributed by atoms with E-state index in [1.54, 1.807) is 13.2 Å². The number of carbonyl (C=O) groups excluding carboxylic acids is 1. The average molecular weight is 411 g/mol. The fraction of sp³-hybridized carbons (Fsp3) is 0.120. The maximum absolute atomic E-state index is 13.3. The number of aliphatic imine (C=N–C) groups is 1. The van der Waals surface area contributed by atoms with Crippen LogP contribution in [0.4, 0.5) is 0 Å². The molecule has 31 heavy (non-hydrogen) atoms. The number of para-hydroxylation sites is 1. The number of aryl methyl sites for hydroxylation is 2. The third-order valence-corrected chi connectivity index (χ3v) is 5.42. The van der Waals surface area contributed by atoms with E-state index in [2.05, 4.69) is 16.0 Å². The second-order valence-corrected chi connectivity index (χ2v) is 7.55. The van der Waals surface area contributed by atoms with Crippen molar-refractivity contribution in [1.82, 2.24) is 9.97 Å². The van der Waals surface area contributed by atoms with Crippen molar-refractivity contribution >= 4 is 28.5 Å². The number of rotatable bonds is 5. The molecule has 4 heterocycles. The predicted molar refractivity (Wildman–Crippen MR) is 120 cm³/mol. The van der Waals surface area contributed by atoms with Crippen molar-refractivity contribution in [1.29, 1.82) is 0 Å². The molecule has 0 unspecified atom stereocenters. The number of ketones is 1. The first kappa shape index (κ1) is 18.9. The number of allylic oxidation sites excluding steroid dienone is 1. The predicted octanol–water partition coefficient (Wildman–Crippen LogP) is 5.31. The van der Waals surface area contributed by atoms with Gasteiger partial charge in [-0.25, -0.2) is 4.99 Å². The van der Waals surface area contributed by atoms with Crippen molar-refractivity contribution in [2.24, 2.45) is 4.99 Å². The van der Waals surface area contributed by atoms with Crippen LogP contribution in [0.1, 0.15) is 38.6 Å². The first-order chi connectivity index (χ1) is 15.0. The summed E-state index contributed by atoms with van der Waals surface area (Å²) in [6.45, 7) is 4.06. The molecule has 6 nitrogen and oxygen atoms in total. The Morgan fingerprint density at radius 2 is 2.00 bits per heavy atom. The number of ether oxygens (including phenoxy) is 1. The van der Waals surface area contributed by atoms with Gasteiger partial charge in [0, 0.05) is 28.4 Å². The number of methoxy groups -OCH3 is 1. The van der Waals surface area contributed by atoms with Gasteiger partial charge in [-0.15, -0.1) is 0 Å². The van der Waals surface area contributed by atoms with Crippen LogP contribution in [0.5, 0.6) is 0 Å². The Kier molecular flexibility index (Phi) is 4.47. The Morgan fingerprint density at radius 1 is 1.16 bits per heavy atom. The van der Waals surface area contributed by atoms with Crippen LogP contribution in [-0.2, 0) is 4.74 Å². The van der Waals surface area contributed by atoms with Crippen LogP contribution in [0, 0.1) is 13.8 Å². The van der Waals surface area contributed by atoms with E-state index in [0.29, 0.717) is 34.0 Å². The number of aromatic amines is 2. The Morgan fingerprint density at radius 3 is 2.71 bits per heavy atom. The molecule has 0 saturated heterocycles. The number of hydrogen-bond acceptors (Lipinski definition) is 4. The summed E-state index contributed by atoms with van der Waals surface area (Å²) in [4.78, 5) is 24.8. The lowest BCUT2D eigenvalue weighted by Gasteiger charge is -2.01. The van der Waals surface area contributed by atoms with Gasteiger partial charge in [0.25, 0.3) is 0 Å². The second-order valence-electron chi connectivity index (χ2n) is 7.55. The summed E-state index contributed by atoms with van der Waals surface area (Å²) in [5.74, 6) is 0.520. The minimum Gasteiger partial charge on any atom is -0.494 e. The molecule has 0 radical (unpaired) electrons. The Hall–Kier alpha value is -4.06. The van der Waals surface area contributed by atoms with Gasteiger partial charge >= 0.3 is 0 Å². The summed E-state index contributed by atoms with van der Waals surface area (Å²) in [5.41, 5.74) is 7.12. The molecule has 1 aliphatic heterocycles. The lowest BCUT2D eigenvalue weighted by atomic mass is 10.0. The number of benzene rings is 1. The van der Waals surface area contributed by atoms with Crippen molar-refractivity contribution in [2.45, 2.75) is 13.8 Å². The van der Waals surface area contributed by atoms with Crippen LogP contribution >= 0.6 is 0 Å². The fourth-order valence-corrected chi connectivity index (χ4v) is 3.95. The standard InChI is InChI=1S/C25H21N3O3/c1-14-10-15(2)26-19(14)11-20-22(30-3)12-21(27-20)24-23(25(29)16-8-9-31-13-16)17-6-4-5-7-18(17)28-24/h4-13,26,28H,1-3H3. The monoisotopic (exact) mass is 411 g/mol. The van der Waals surface area contributed by atoms with Gasteiger partial charge in [0.1, 0.15) is 17.7 Å². The largest absolute Gasteiger partial charge is 0.494 e. The zero-order chi connectivity index (χ0) is 21.5. The minimum absolute atomic E-state index is 0.121. The molecule has 0 bridgehead atoms. The highest BCUT2D eigenvalue weighted by Crippen LogP contribution is 2.31. The van der Waals surface area contributed by atoms with Gasteiger partial charge in [-0.2, -0.15) is 0 Å². The highest BCUT2D eigenvalue weighted by atomic mass is 16.5. The highest BCUT2D eigenvalue weighted by molar-refractivity contribution is 6.25. The molecule has 0 atom stereocenters. The molecule has 0 saturated carbocycles. The molecule has 3 aromatic heterocycles. The van der Waals surface area contributed by atoms with Gasteiger partial charge in [-0.3, -0.25) is 4.79 Å². The number of fused-ring (bicyclic) bond motifs is 1. The van der Waals surface area contributed by atoms with Crippen LogP contribution in [0.15, 0.2) is 75.9 Å². The smallest absolute Gasteiger partial charge is 0.199 e. The zero-order valence-electron chi connectivity index (χ0n) is 17.4. The number of aromatic nitrogens is 2. The van der Waals surface area contributed by atoms with Crippen LogP contribution in [-0.4, -0.2) is 28.6 Å². The third kappa shape index (κ3) is 3.22. The molecule has 2 N–H and O–H groups in total. The first-order valence-electron chi connectivity index (χ1n) is 9.96. The Balaban J connectivity index is 1.67. The van der Waals surface area contributed by atoms with Crippen molar-refractivity contribution < 1.29 is 13.9 Å². The molecule has 0 spiro atoms. The number of carbonyl (C=O) groups is 1. The molecule has 5 rings (SSSR count). The Bertz CT molecular complexity index is 1400. The average Bonchev–Trinajstić information content (AvgIpc) is 3.53. The van der Waals surface area contributed by atoms with Crippen molar-refractivity contribution in [3.05, 3.63) is 100 Å². The molecule has 1 aromatic carbocycles. The molecule has 0 fully saturated rings. The number of nitrogens with one attached hydrogen (secondary N) is 2. The summed E-state index contributed by atoms with van der Waals surface area (Å²) >= 11 is 0. The minimum atomic E-state index is -0.121. The van der Waals surface area contributed by atoms with Gasteiger partial charge in [0.15, 0.2) is 5.78 Å². The van der Waals surface area contributed by atoms with E-state index >= 15 is 0 Å². The molecule has 154 valence electrons. The zero-order valence-corrected chi connectivity index (χ0v) is 17.4. The normalized spacial score (nSPS) is 14.9. The summed E-state index contributed by atoms with van der Waals surface area (Å²) < 4.78 is 10.7. The quantitative estimate of drug-likeness (QED) is 0.437. The second kappa shape index (κ2) is 7.32. The van der Waals surface area contributed by atoms with Crippen molar-refractivity contribution in [3.63, 3.8) is 0 Å². The van der Waals surface area contributed by atoms with Gasteiger partial charge in [0.2, 0.25) is 0 Å². The molecule has 0 aliphatic carbocycles. The van der Waals surface area contributed by atoms with E-state index in [-0.39, 0.29) is 5.78 Å². The SMILES string of the molecule is COC1=CC(c2[nH]c3ccccc3c2C(=O)c2ccoc2)=NC1=Cc1[nH]c(C)cc1C. The highest BCUT2D eigenvalue weighted by Gasteiger charge is 2.26.